The summed E-state index contributed by atoms with van der Waals surface area (Å²) in [4.78, 5) is 9.51. The van der Waals surface area contributed by atoms with Gasteiger partial charge in [0.15, 0.2) is 0 Å². The Morgan fingerprint density at radius 2 is 2.00 bits per heavy atom. The molecule has 0 fully saturated rings. The molecular weight excluding hydrogens is 215 g/mol. The second-order valence-corrected chi connectivity index (χ2v) is 2.76. The molecule has 0 saturated carbocycles. The second-order valence-electron chi connectivity index (χ2n) is 2.76. The van der Waals surface area contributed by atoms with Gasteiger partial charge >= 0.3 is 6.18 Å². The fraction of sp³-hybridized carbons (Fsp3) is 0.250. The summed E-state index contributed by atoms with van der Waals surface area (Å²) in [7, 11) is 0. The van der Waals surface area contributed by atoms with E-state index in [-0.39, 0.29) is 5.56 Å². The summed E-state index contributed by atoms with van der Waals surface area (Å²) in [6.07, 6.45) is -4.57. The van der Waals surface area contributed by atoms with Crippen molar-refractivity contribution >= 4 is 5.69 Å². The number of hydrogen-bond acceptors (Lipinski definition) is 3. The van der Waals surface area contributed by atoms with Gasteiger partial charge < -0.3 is 5.11 Å². The van der Waals surface area contributed by atoms with Crippen LogP contribution in [0.2, 0.25) is 0 Å². The number of halogens is 3. The summed E-state index contributed by atoms with van der Waals surface area (Å²) in [6.45, 7) is -0.805. The van der Waals surface area contributed by atoms with Crippen molar-refractivity contribution in [1.29, 1.82) is 0 Å². The number of rotatable bonds is 2. The van der Waals surface area contributed by atoms with Gasteiger partial charge in [-0.15, -0.1) is 0 Å². The predicted molar refractivity (Wildman–Crippen MR) is 44.0 cm³/mol. The van der Waals surface area contributed by atoms with Crippen LogP contribution in [0.1, 0.15) is 11.1 Å². The van der Waals surface area contributed by atoms with Crippen LogP contribution in [0.3, 0.4) is 0 Å². The maximum atomic E-state index is 12.2. The van der Waals surface area contributed by atoms with Gasteiger partial charge in [-0.3, -0.25) is 10.1 Å². The first-order chi connectivity index (χ1) is 6.86. The quantitative estimate of drug-likeness (QED) is 0.614. The van der Waals surface area contributed by atoms with Crippen LogP contribution in [0.25, 0.3) is 0 Å². The number of aliphatic hydroxyl groups excluding tert-OH is 1. The Hall–Kier alpha value is -1.63. The van der Waals surface area contributed by atoms with Crippen LogP contribution in [0.15, 0.2) is 18.2 Å². The first-order valence-electron chi connectivity index (χ1n) is 3.81. The van der Waals surface area contributed by atoms with E-state index in [1.54, 1.807) is 0 Å². The highest BCUT2D eigenvalue weighted by atomic mass is 19.4. The summed E-state index contributed by atoms with van der Waals surface area (Å²) in [5.74, 6) is 0. The highest BCUT2D eigenvalue weighted by Crippen LogP contribution is 2.32. The summed E-state index contributed by atoms with van der Waals surface area (Å²) in [5.41, 5.74) is -1.89. The summed E-state index contributed by atoms with van der Waals surface area (Å²) < 4.78 is 36.6. The third kappa shape index (κ3) is 2.44. The van der Waals surface area contributed by atoms with E-state index in [0.717, 1.165) is 6.07 Å². The van der Waals surface area contributed by atoms with E-state index in [2.05, 4.69) is 0 Å². The molecule has 82 valence electrons. The number of benzene rings is 1. The Balaban J connectivity index is 3.25. The molecule has 0 heterocycles. The zero-order chi connectivity index (χ0) is 11.6. The summed E-state index contributed by atoms with van der Waals surface area (Å²) in [6, 6.07) is 1.91. The van der Waals surface area contributed by atoms with Crippen molar-refractivity contribution in [3.05, 3.63) is 39.4 Å². The summed E-state index contributed by atoms with van der Waals surface area (Å²) >= 11 is 0. The average molecular weight is 221 g/mol. The highest BCUT2D eigenvalue weighted by molar-refractivity contribution is 5.43. The van der Waals surface area contributed by atoms with E-state index in [1.165, 1.54) is 0 Å². The number of nitrogens with zero attached hydrogens (tertiary/aromatic N) is 1. The van der Waals surface area contributed by atoms with Gasteiger partial charge in [0.05, 0.1) is 22.7 Å². The van der Waals surface area contributed by atoms with Crippen molar-refractivity contribution in [2.24, 2.45) is 0 Å². The van der Waals surface area contributed by atoms with Crippen molar-refractivity contribution in [3.8, 4) is 0 Å². The normalized spacial score (nSPS) is 11.5. The Morgan fingerprint density at radius 1 is 1.40 bits per heavy atom. The van der Waals surface area contributed by atoms with E-state index in [9.17, 15) is 23.3 Å². The van der Waals surface area contributed by atoms with E-state index in [0.29, 0.717) is 12.1 Å². The Bertz CT molecular complexity index is 389. The zero-order valence-electron chi connectivity index (χ0n) is 7.28. The van der Waals surface area contributed by atoms with Crippen LogP contribution in [-0.4, -0.2) is 10.0 Å². The maximum Gasteiger partial charge on any atom is 0.416 e. The minimum absolute atomic E-state index is 0.352. The van der Waals surface area contributed by atoms with E-state index in [1.807, 2.05) is 0 Å². The molecule has 0 atom stereocenters. The largest absolute Gasteiger partial charge is 0.416 e. The van der Waals surface area contributed by atoms with Crippen molar-refractivity contribution in [1.82, 2.24) is 0 Å². The molecule has 1 rings (SSSR count). The molecule has 0 aliphatic rings. The monoisotopic (exact) mass is 221 g/mol. The molecule has 0 aliphatic heterocycles. The third-order valence-electron chi connectivity index (χ3n) is 1.77. The molecule has 1 aromatic carbocycles. The van der Waals surface area contributed by atoms with Crippen molar-refractivity contribution in [2.75, 3.05) is 0 Å². The molecule has 4 nitrogen and oxygen atoms in total. The van der Waals surface area contributed by atoms with Crippen LogP contribution in [-0.2, 0) is 12.8 Å². The number of alkyl halides is 3. The van der Waals surface area contributed by atoms with Gasteiger partial charge in [-0.1, -0.05) is 0 Å². The van der Waals surface area contributed by atoms with E-state index in [4.69, 9.17) is 5.11 Å². The second kappa shape index (κ2) is 3.85. The smallest absolute Gasteiger partial charge is 0.391 e. The molecule has 0 aromatic heterocycles. The molecule has 0 radical (unpaired) electrons. The lowest BCUT2D eigenvalue weighted by Crippen LogP contribution is -2.06. The van der Waals surface area contributed by atoms with Crippen LogP contribution in [0, 0.1) is 10.1 Å². The van der Waals surface area contributed by atoms with E-state index >= 15 is 0 Å². The van der Waals surface area contributed by atoms with Crippen LogP contribution >= 0.6 is 0 Å². The zero-order valence-corrected chi connectivity index (χ0v) is 7.28. The van der Waals surface area contributed by atoms with Gasteiger partial charge in [0, 0.05) is 6.07 Å². The van der Waals surface area contributed by atoms with Gasteiger partial charge in [0.25, 0.3) is 5.69 Å². The van der Waals surface area contributed by atoms with Crippen LogP contribution in [0.4, 0.5) is 18.9 Å². The molecule has 0 aliphatic carbocycles. The summed E-state index contributed by atoms with van der Waals surface area (Å²) in [5, 5.41) is 19.0. The maximum absolute atomic E-state index is 12.2. The third-order valence-corrected chi connectivity index (χ3v) is 1.77. The first kappa shape index (κ1) is 11.4. The Morgan fingerprint density at radius 3 is 2.40 bits per heavy atom. The molecular formula is C8H6F3NO3. The fourth-order valence-electron chi connectivity index (χ4n) is 1.07. The van der Waals surface area contributed by atoms with Crippen LogP contribution < -0.4 is 0 Å². The lowest BCUT2D eigenvalue weighted by atomic mass is 10.1. The average Bonchev–Trinajstić information content (AvgIpc) is 2.15. The Kier molecular flexibility index (Phi) is 2.94. The van der Waals surface area contributed by atoms with Crippen LogP contribution in [0.5, 0.6) is 0 Å². The van der Waals surface area contributed by atoms with Crippen molar-refractivity contribution in [2.45, 2.75) is 12.8 Å². The lowest BCUT2D eigenvalue weighted by molar-refractivity contribution is -0.385. The highest BCUT2D eigenvalue weighted by Gasteiger charge is 2.32. The topological polar surface area (TPSA) is 63.4 Å². The minimum Gasteiger partial charge on any atom is -0.391 e. The molecule has 0 spiro atoms. The number of hydrogen-bond donors (Lipinski definition) is 1. The standard InChI is InChI=1S/C8H6F3NO3/c9-8(10,11)6-1-2-7(12(14)15)5(3-6)4-13/h1-3,13H,4H2. The molecule has 1 aromatic rings. The van der Waals surface area contributed by atoms with Gasteiger partial charge in [-0.05, 0) is 12.1 Å². The first-order valence-corrected chi connectivity index (χ1v) is 3.81. The molecule has 15 heavy (non-hydrogen) atoms. The lowest BCUT2D eigenvalue weighted by Gasteiger charge is -2.07. The van der Waals surface area contributed by atoms with Crippen molar-refractivity contribution in [3.63, 3.8) is 0 Å². The SMILES string of the molecule is O=[N+]([O-])c1ccc(C(F)(F)F)cc1CO. The minimum atomic E-state index is -4.57. The molecule has 0 unspecified atom stereocenters. The number of nitro benzene ring substituents is 1. The van der Waals surface area contributed by atoms with Gasteiger partial charge in [0.2, 0.25) is 0 Å². The molecule has 0 bridgehead atoms. The van der Waals surface area contributed by atoms with Gasteiger partial charge in [-0.2, -0.15) is 13.2 Å². The number of nitro groups is 1. The van der Waals surface area contributed by atoms with Crippen molar-refractivity contribution < 1.29 is 23.2 Å². The molecule has 1 N–H and O–H groups in total. The fourth-order valence-corrected chi connectivity index (χ4v) is 1.07. The molecule has 7 heteroatoms. The number of aliphatic hydroxyl groups is 1. The van der Waals surface area contributed by atoms with Gasteiger partial charge in [-0.25, -0.2) is 0 Å². The van der Waals surface area contributed by atoms with Gasteiger partial charge in [0.1, 0.15) is 0 Å². The van der Waals surface area contributed by atoms with E-state index < -0.39 is 29.0 Å². The molecule has 0 amide bonds. The predicted octanol–water partition coefficient (Wildman–Crippen LogP) is 2.11. The molecule has 0 saturated heterocycles. The Labute approximate surface area is 82.1 Å².